The molecule has 1 rings (SSSR count). The highest BCUT2D eigenvalue weighted by atomic mass is 35.5. The first-order chi connectivity index (χ1) is 7.87. The Morgan fingerprint density at radius 3 is 2.65 bits per heavy atom. The summed E-state index contributed by atoms with van der Waals surface area (Å²) < 4.78 is 4.78. The number of hydrogen-bond donors (Lipinski definition) is 0. The van der Waals surface area contributed by atoms with Crippen molar-refractivity contribution in [2.75, 3.05) is 14.2 Å². The Balaban J connectivity index is 2.75. The first-order valence-electron chi connectivity index (χ1n) is 5.28. The van der Waals surface area contributed by atoms with Crippen molar-refractivity contribution in [3.05, 3.63) is 29.0 Å². The molecule has 0 atom stereocenters. The third-order valence-corrected chi connectivity index (χ3v) is 3.07. The van der Waals surface area contributed by atoms with E-state index in [1.807, 2.05) is 31.9 Å². The molecule has 0 aliphatic carbocycles. The van der Waals surface area contributed by atoms with E-state index in [-0.39, 0.29) is 5.97 Å². The van der Waals surface area contributed by atoms with E-state index in [1.54, 1.807) is 12.3 Å². The number of hydrogen-bond acceptors (Lipinski definition) is 4. The largest absolute Gasteiger partial charge is 0.468 e. The van der Waals surface area contributed by atoms with Gasteiger partial charge in [0.25, 0.3) is 0 Å². The summed E-state index contributed by atoms with van der Waals surface area (Å²) in [6, 6.07) is 3.62. The van der Waals surface area contributed by atoms with E-state index in [0.717, 1.165) is 5.56 Å². The predicted octanol–water partition coefficient (Wildman–Crippen LogP) is 2.12. The van der Waals surface area contributed by atoms with E-state index in [2.05, 4.69) is 4.98 Å². The fourth-order valence-electron chi connectivity index (χ4n) is 1.38. The van der Waals surface area contributed by atoms with E-state index in [1.165, 1.54) is 7.11 Å². The molecule has 0 saturated heterocycles. The second-order valence-corrected chi connectivity index (χ2v) is 4.78. The molecule has 1 heterocycles. The number of ether oxygens (including phenoxy) is 1. The van der Waals surface area contributed by atoms with Gasteiger partial charge < -0.3 is 4.74 Å². The summed E-state index contributed by atoms with van der Waals surface area (Å²) in [5, 5.41) is 0.462. The van der Waals surface area contributed by atoms with Crippen LogP contribution in [0, 0.1) is 0 Å². The van der Waals surface area contributed by atoms with Crippen molar-refractivity contribution >= 4 is 17.6 Å². The van der Waals surface area contributed by atoms with Crippen molar-refractivity contribution in [3.63, 3.8) is 0 Å². The van der Waals surface area contributed by atoms with Gasteiger partial charge in [-0.2, -0.15) is 0 Å². The Morgan fingerprint density at radius 1 is 1.53 bits per heavy atom. The number of methoxy groups -OCH3 is 1. The first kappa shape index (κ1) is 13.9. The van der Waals surface area contributed by atoms with Crippen LogP contribution in [0.4, 0.5) is 0 Å². The van der Waals surface area contributed by atoms with Crippen molar-refractivity contribution in [2.45, 2.75) is 25.9 Å². The number of nitrogens with zero attached hydrogens (tertiary/aromatic N) is 2. The molecule has 0 bridgehead atoms. The monoisotopic (exact) mass is 256 g/mol. The first-order valence-corrected chi connectivity index (χ1v) is 5.66. The molecule has 0 aliphatic heterocycles. The summed E-state index contributed by atoms with van der Waals surface area (Å²) >= 11 is 5.71. The predicted molar refractivity (Wildman–Crippen MR) is 66.8 cm³/mol. The highest BCUT2D eigenvalue weighted by Crippen LogP contribution is 2.17. The quantitative estimate of drug-likeness (QED) is 0.611. The summed E-state index contributed by atoms with van der Waals surface area (Å²) in [7, 11) is 3.26. The lowest BCUT2D eigenvalue weighted by molar-refractivity contribution is -0.152. The third kappa shape index (κ3) is 3.41. The fraction of sp³-hybridized carbons (Fsp3) is 0.500. The Kier molecular flexibility index (Phi) is 4.48. The van der Waals surface area contributed by atoms with Crippen LogP contribution in [0.5, 0.6) is 0 Å². The number of halogens is 1. The van der Waals surface area contributed by atoms with E-state index >= 15 is 0 Å². The van der Waals surface area contributed by atoms with E-state index in [0.29, 0.717) is 11.7 Å². The highest BCUT2D eigenvalue weighted by molar-refractivity contribution is 6.29. The molecule has 5 heteroatoms. The van der Waals surface area contributed by atoms with Gasteiger partial charge in [0.2, 0.25) is 0 Å². The van der Waals surface area contributed by atoms with Gasteiger partial charge in [0, 0.05) is 12.7 Å². The zero-order valence-corrected chi connectivity index (χ0v) is 11.3. The second kappa shape index (κ2) is 5.47. The molecule has 94 valence electrons. The lowest BCUT2D eigenvalue weighted by Gasteiger charge is -2.32. The summed E-state index contributed by atoms with van der Waals surface area (Å²) in [5.41, 5.74) is 0.322. The van der Waals surface area contributed by atoms with Crippen LogP contribution >= 0.6 is 11.6 Å². The van der Waals surface area contributed by atoms with Gasteiger partial charge in [-0.05, 0) is 32.5 Å². The van der Waals surface area contributed by atoms with Crippen molar-refractivity contribution in [3.8, 4) is 0 Å². The van der Waals surface area contributed by atoms with Crippen LogP contribution in [0.1, 0.15) is 19.4 Å². The zero-order valence-electron chi connectivity index (χ0n) is 10.5. The minimum absolute atomic E-state index is 0.262. The molecule has 4 nitrogen and oxygen atoms in total. The topological polar surface area (TPSA) is 42.4 Å². The Labute approximate surface area is 107 Å². The van der Waals surface area contributed by atoms with E-state index < -0.39 is 5.54 Å². The zero-order chi connectivity index (χ0) is 13.1. The van der Waals surface area contributed by atoms with E-state index in [9.17, 15) is 4.79 Å². The standard InChI is InChI=1S/C12H17ClN2O2/c1-12(2,11(16)17-4)15(3)8-9-5-6-10(13)14-7-9/h5-7H,8H2,1-4H3. The number of carbonyl (C=O) groups is 1. The molecule has 0 saturated carbocycles. The molecule has 17 heavy (non-hydrogen) atoms. The lowest BCUT2D eigenvalue weighted by Crippen LogP contribution is -2.48. The summed E-state index contributed by atoms with van der Waals surface area (Å²) in [4.78, 5) is 17.5. The van der Waals surface area contributed by atoms with Crippen LogP contribution in [-0.4, -0.2) is 35.5 Å². The maximum Gasteiger partial charge on any atom is 0.325 e. The SMILES string of the molecule is COC(=O)C(C)(C)N(C)Cc1ccc(Cl)nc1. The number of rotatable bonds is 4. The van der Waals surface area contributed by atoms with Crippen LogP contribution in [0.3, 0.4) is 0 Å². The molecule has 1 aromatic rings. The molecular formula is C12H17ClN2O2. The van der Waals surface area contributed by atoms with Crippen LogP contribution in [0.15, 0.2) is 18.3 Å². The molecule has 1 aromatic heterocycles. The molecular weight excluding hydrogens is 240 g/mol. The van der Waals surface area contributed by atoms with Gasteiger partial charge in [-0.15, -0.1) is 0 Å². The molecule has 0 radical (unpaired) electrons. The lowest BCUT2D eigenvalue weighted by atomic mass is 10.0. The van der Waals surface area contributed by atoms with Gasteiger partial charge in [-0.25, -0.2) is 4.98 Å². The molecule has 0 spiro atoms. The maximum absolute atomic E-state index is 11.6. The van der Waals surface area contributed by atoms with Crippen molar-refractivity contribution in [1.29, 1.82) is 0 Å². The number of likely N-dealkylation sites (N-methyl/N-ethyl adjacent to an activating group) is 1. The highest BCUT2D eigenvalue weighted by Gasteiger charge is 2.33. The number of esters is 1. The summed E-state index contributed by atoms with van der Waals surface area (Å²) in [5.74, 6) is -0.262. The molecule has 0 N–H and O–H groups in total. The number of aromatic nitrogens is 1. The van der Waals surface area contributed by atoms with Gasteiger partial charge in [0.05, 0.1) is 7.11 Å². The minimum atomic E-state index is -0.672. The summed E-state index contributed by atoms with van der Waals surface area (Å²) in [6.07, 6.45) is 1.70. The van der Waals surface area contributed by atoms with Crippen molar-refractivity contribution < 1.29 is 9.53 Å². The smallest absolute Gasteiger partial charge is 0.325 e. The van der Waals surface area contributed by atoms with Crippen molar-refractivity contribution in [1.82, 2.24) is 9.88 Å². The Morgan fingerprint density at radius 2 is 2.18 bits per heavy atom. The van der Waals surface area contributed by atoms with Crippen LogP contribution in [0.2, 0.25) is 5.15 Å². The minimum Gasteiger partial charge on any atom is -0.468 e. The van der Waals surface area contributed by atoms with Gasteiger partial charge in [-0.3, -0.25) is 9.69 Å². The van der Waals surface area contributed by atoms with Gasteiger partial charge in [-0.1, -0.05) is 17.7 Å². The van der Waals surface area contributed by atoms with Gasteiger partial charge >= 0.3 is 5.97 Å². The molecule has 0 aliphatic rings. The van der Waals surface area contributed by atoms with E-state index in [4.69, 9.17) is 16.3 Å². The average molecular weight is 257 g/mol. The Hall–Kier alpha value is -1.13. The Bertz CT molecular complexity index is 390. The molecule has 0 amide bonds. The van der Waals surface area contributed by atoms with Crippen LogP contribution < -0.4 is 0 Å². The van der Waals surface area contributed by atoms with Gasteiger partial charge in [0.15, 0.2) is 0 Å². The normalized spacial score (nSPS) is 11.6. The fourth-order valence-corrected chi connectivity index (χ4v) is 1.49. The molecule has 0 fully saturated rings. The number of carbonyl (C=O) groups excluding carboxylic acids is 1. The number of pyridine rings is 1. The van der Waals surface area contributed by atoms with Crippen molar-refractivity contribution in [2.24, 2.45) is 0 Å². The molecule has 0 unspecified atom stereocenters. The molecule has 0 aromatic carbocycles. The third-order valence-electron chi connectivity index (χ3n) is 2.85. The van der Waals surface area contributed by atoms with Crippen LogP contribution in [0.25, 0.3) is 0 Å². The van der Waals surface area contributed by atoms with Crippen LogP contribution in [-0.2, 0) is 16.1 Å². The summed E-state index contributed by atoms with van der Waals surface area (Å²) in [6.45, 7) is 4.25. The maximum atomic E-state index is 11.6. The van der Waals surface area contributed by atoms with Gasteiger partial charge in [0.1, 0.15) is 10.7 Å². The second-order valence-electron chi connectivity index (χ2n) is 4.40. The average Bonchev–Trinajstić information content (AvgIpc) is 2.30.